The zero-order valence-corrected chi connectivity index (χ0v) is 21.9. The number of Topliss-reactive ketones (excluding diaryl/α,β-unsaturated/α-hetero) is 1. The Morgan fingerprint density at radius 3 is 2.38 bits per heavy atom. The first-order valence-electron chi connectivity index (χ1n) is 12.1. The number of rotatable bonds is 1. The van der Waals surface area contributed by atoms with Gasteiger partial charge in [0.15, 0.2) is 11.5 Å². The Kier molecular flexibility index (Phi) is 7.65. The molecule has 1 aliphatic heterocycles. The second-order valence-corrected chi connectivity index (χ2v) is 10.1. The average molecular weight is 602 g/mol. The lowest BCUT2D eigenvalue weighted by molar-refractivity contribution is -0.256. The number of halogens is 7. The molecule has 0 radical (unpaired) electrons. The molecule has 3 heterocycles. The van der Waals surface area contributed by atoms with Gasteiger partial charge in [0.1, 0.15) is 17.1 Å². The number of nitrogens with one attached hydrogen (secondary N) is 1. The summed E-state index contributed by atoms with van der Waals surface area (Å²) in [5.74, 6) is -5.25. The van der Waals surface area contributed by atoms with E-state index in [4.69, 9.17) is 9.15 Å². The number of hydrogen-bond acceptors (Lipinski definition) is 8. The first-order chi connectivity index (χ1) is 19.3. The van der Waals surface area contributed by atoms with Gasteiger partial charge in [-0.15, -0.1) is 10.2 Å². The van der Waals surface area contributed by atoms with Crippen LogP contribution in [0.4, 0.5) is 41.2 Å². The average Bonchev–Trinajstić information content (AvgIpc) is 3.34. The zero-order valence-electron chi connectivity index (χ0n) is 21.9. The van der Waals surface area contributed by atoms with Crippen molar-refractivity contribution >= 4 is 23.6 Å². The van der Waals surface area contributed by atoms with E-state index < -0.39 is 87.7 Å². The number of allylic oxidation sites excluding steroid dienone is 1. The van der Waals surface area contributed by atoms with Crippen molar-refractivity contribution in [3.8, 4) is 11.6 Å². The van der Waals surface area contributed by atoms with Gasteiger partial charge < -0.3 is 14.3 Å². The summed E-state index contributed by atoms with van der Waals surface area (Å²) in [6, 6.07) is 2.71. The highest BCUT2D eigenvalue weighted by Gasteiger charge is 2.61. The number of nitrogens with zero attached hydrogens (tertiary/aromatic N) is 3. The highest BCUT2D eigenvalue weighted by atomic mass is 19.4. The van der Waals surface area contributed by atoms with Gasteiger partial charge >= 0.3 is 18.4 Å². The maximum Gasteiger partial charge on any atom is 0.430 e. The molecule has 1 unspecified atom stereocenters. The highest BCUT2D eigenvalue weighted by molar-refractivity contribution is 5.98. The molecule has 1 aromatic carbocycles. The molecular formula is C26H21F7N4O5. The molecule has 2 aromatic heterocycles. The summed E-state index contributed by atoms with van der Waals surface area (Å²) in [5.41, 5.74) is -11.1. The first kappa shape index (κ1) is 30.6. The fraction of sp³-hybridized carbons (Fsp3) is 0.346. The number of fused-ring (bicyclic) bond motifs is 7. The standard InChI is InChI=1S/C26H21F7N4O5/c1-23(2,3)42-22(39)34-16-11-14(25(28,29)30)18-17(38)7-5-4-6-12-8-9-15(27)13(10-12)24(40,26(31,32)33)21-37-36-20(41-21)19(16)35-18/h4,6,8-11,40H,5,7H2,1-3H3,(H,34,39). The number of anilines is 1. The summed E-state index contributed by atoms with van der Waals surface area (Å²) in [5, 5.41) is 19.5. The second-order valence-electron chi connectivity index (χ2n) is 10.1. The number of aromatic nitrogens is 3. The smallest absolute Gasteiger partial charge is 0.430 e. The Morgan fingerprint density at radius 2 is 1.76 bits per heavy atom. The molecule has 224 valence electrons. The van der Waals surface area contributed by atoms with E-state index in [0.29, 0.717) is 18.2 Å². The molecule has 0 spiro atoms. The topological polar surface area (TPSA) is 127 Å². The van der Waals surface area contributed by atoms with E-state index in [9.17, 15) is 45.4 Å². The molecule has 6 bridgehead atoms. The summed E-state index contributed by atoms with van der Waals surface area (Å²) >= 11 is 0. The molecule has 3 aromatic rings. The minimum absolute atomic E-state index is 0.0466. The van der Waals surface area contributed by atoms with E-state index in [1.54, 1.807) is 0 Å². The van der Waals surface area contributed by atoms with Gasteiger partial charge in [0, 0.05) is 12.0 Å². The molecule has 0 saturated heterocycles. The van der Waals surface area contributed by atoms with Crippen LogP contribution in [0.2, 0.25) is 0 Å². The molecule has 42 heavy (non-hydrogen) atoms. The van der Waals surface area contributed by atoms with Crippen LogP contribution in [0, 0.1) is 5.82 Å². The Morgan fingerprint density at radius 1 is 1.07 bits per heavy atom. The Bertz CT molecular complexity index is 1570. The van der Waals surface area contributed by atoms with Gasteiger partial charge in [-0.05, 0) is 51.0 Å². The van der Waals surface area contributed by atoms with Crippen LogP contribution in [-0.2, 0) is 16.5 Å². The van der Waals surface area contributed by atoms with Crippen LogP contribution in [0.1, 0.15) is 66.7 Å². The number of carbonyl (C=O) groups is 2. The van der Waals surface area contributed by atoms with Crippen molar-refractivity contribution in [2.24, 2.45) is 0 Å². The fourth-order valence-electron chi connectivity index (χ4n) is 3.94. The lowest BCUT2D eigenvalue weighted by Gasteiger charge is -2.28. The molecule has 16 heteroatoms. The molecule has 0 fully saturated rings. The van der Waals surface area contributed by atoms with Crippen LogP contribution in [-0.4, -0.2) is 43.9 Å². The number of amides is 1. The summed E-state index contributed by atoms with van der Waals surface area (Å²) in [7, 11) is 0. The van der Waals surface area contributed by atoms with Gasteiger partial charge in [-0.3, -0.25) is 10.1 Å². The largest absolute Gasteiger partial charge is 0.444 e. The zero-order chi connectivity index (χ0) is 31.3. The summed E-state index contributed by atoms with van der Waals surface area (Å²) < 4.78 is 110. The van der Waals surface area contributed by atoms with Crippen molar-refractivity contribution in [1.82, 2.24) is 15.2 Å². The first-order valence-corrected chi connectivity index (χ1v) is 12.1. The molecule has 9 nitrogen and oxygen atoms in total. The van der Waals surface area contributed by atoms with Crippen LogP contribution in [0.5, 0.6) is 0 Å². The van der Waals surface area contributed by atoms with Crippen LogP contribution in [0.25, 0.3) is 17.7 Å². The lowest BCUT2D eigenvalue weighted by atomic mass is 9.90. The lowest BCUT2D eigenvalue weighted by Crippen LogP contribution is -2.44. The van der Waals surface area contributed by atoms with Crippen LogP contribution in [0.15, 0.2) is 34.8 Å². The van der Waals surface area contributed by atoms with Crippen molar-refractivity contribution in [3.05, 3.63) is 64.4 Å². The number of ketones is 1. The minimum Gasteiger partial charge on any atom is -0.444 e. The van der Waals surface area contributed by atoms with Gasteiger partial charge in [-0.2, -0.15) is 26.3 Å². The summed E-state index contributed by atoms with van der Waals surface area (Å²) in [6.07, 6.45) is -10.4. The van der Waals surface area contributed by atoms with Crippen molar-refractivity contribution in [1.29, 1.82) is 0 Å². The summed E-state index contributed by atoms with van der Waals surface area (Å²) in [4.78, 5) is 29.0. The van der Waals surface area contributed by atoms with E-state index in [1.165, 1.54) is 32.9 Å². The molecule has 0 aliphatic carbocycles. The van der Waals surface area contributed by atoms with E-state index in [0.717, 1.165) is 6.07 Å². The molecule has 2 N–H and O–H groups in total. The maximum absolute atomic E-state index is 14.8. The predicted octanol–water partition coefficient (Wildman–Crippen LogP) is 6.42. The quantitative estimate of drug-likeness (QED) is 0.306. The molecule has 1 atom stereocenters. The van der Waals surface area contributed by atoms with E-state index >= 15 is 0 Å². The van der Waals surface area contributed by atoms with E-state index in [1.807, 2.05) is 5.32 Å². The van der Waals surface area contributed by atoms with Crippen LogP contribution >= 0.6 is 0 Å². The molecular weight excluding hydrogens is 581 g/mol. The molecule has 1 amide bonds. The number of hydrogen-bond donors (Lipinski definition) is 2. The molecule has 0 saturated carbocycles. The third kappa shape index (κ3) is 5.98. The number of aliphatic hydroxyl groups is 1. The number of benzene rings is 1. The Labute approximate surface area is 232 Å². The normalized spacial score (nSPS) is 17.8. The van der Waals surface area contributed by atoms with Gasteiger partial charge in [0.25, 0.3) is 17.4 Å². The predicted molar refractivity (Wildman–Crippen MR) is 130 cm³/mol. The number of ether oxygens (including phenoxy) is 1. The Balaban J connectivity index is 2.02. The molecule has 1 aliphatic rings. The van der Waals surface area contributed by atoms with Crippen molar-refractivity contribution in [3.63, 3.8) is 0 Å². The number of pyridine rings is 1. The van der Waals surface area contributed by atoms with Crippen molar-refractivity contribution in [2.75, 3.05) is 5.32 Å². The maximum atomic E-state index is 14.8. The van der Waals surface area contributed by atoms with Gasteiger partial charge in [-0.25, -0.2) is 14.2 Å². The number of carbonyl (C=O) groups excluding carboxylic acids is 2. The third-order valence-electron chi connectivity index (χ3n) is 5.80. The van der Waals surface area contributed by atoms with Crippen molar-refractivity contribution < 1.29 is 54.6 Å². The van der Waals surface area contributed by atoms with Gasteiger partial charge in [0.2, 0.25) is 0 Å². The van der Waals surface area contributed by atoms with Crippen LogP contribution in [0.3, 0.4) is 0 Å². The van der Waals surface area contributed by atoms with Gasteiger partial charge in [-0.1, -0.05) is 18.2 Å². The summed E-state index contributed by atoms with van der Waals surface area (Å²) in [6.45, 7) is 4.35. The van der Waals surface area contributed by atoms with Crippen molar-refractivity contribution in [2.45, 2.75) is 57.2 Å². The molecule has 4 rings (SSSR count). The third-order valence-corrected chi connectivity index (χ3v) is 5.80. The SMILES string of the molecule is CC(C)(C)OC(=O)Nc1cc(C(F)(F)F)c2nc1-c1nnc(o1)C(O)(C(F)(F)F)c1cc(ccc1F)C=CCCC2=O. The second kappa shape index (κ2) is 10.5. The monoisotopic (exact) mass is 602 g/mol. The van der Waals surface area contributed by atoms with E-state index in [2.05, 4.69) is 15.2 Å². The minimum atomic E-state index is -5.65. The fourth-order valence-corrected chi connectivity index (χ4v) is 3.94. The number of alkyl halides is 6. The van der Waals surface area contributed by atoms with Crippen LogP contribution < -0.4 is 5.32 Å². The van der Waals surface area contributed by atoms with Gasteiger partial charge in [0.05, 0.1) is 11.3 Å². The van der Waals surface area contributed by atoms with E-state index in [-0.39, 0.29) is 12.0 Å². The highest BCUT2D eigenvalue weighted by Crippen LogP contribution is 2.46. The Hall–Kier alpha value is -4.34.